The maximum atomic E-state index is 13.1. The summed E-state index contributed by atoms with van der Waals surface area (Å²) in [6.07, 6.45) is 3.73. The number of amides is 1. The lowest BCUT2D eigenvalue weighted by Crippen LogP contribution is -2.35. The van der Waals surface area contributed by atoms with Crippen molar-refractivity contribution in [2.45, 2.75) is 33.6 Å². The lowest BCUT2D eigenvalue weighted by molar-refractivity contribution is 0.0943. The minimum Gasteiger partial charge on any atom is -0.360 e. The van der Waals surface area contributed by atoms with Gasteiger partial charge in [-0.2, -0.15) is 0 Å². The molecule has 7 heteroatoms. The summed E-state index contributed by atoms with van der Waals surface area (Å²) in [7, 11) is 0. The summed E-state index contributed by atoms with van der Waals surface area (Å²) in [5.74, 6) is -0.00900. The number of carbonyl (C=O) groups excluding carboxylic acids is 2. The zero-order chi connectivity index (χ0) is 22.2. The Hall–Kier alpha value is -3.19. The van der Waals surface area contributed by atoms with Gasteiger partial charge >= 0.3 is 0 Å². The number of aryl methyl sites for hydroxylation is 1. The fourth-order valence-corrected chi connectivity index (χ4v) is 3.62. The van der Waals surface area contributed by atoms with Gasteiger partial charge in [-0.1, -0.05) is 49.3 Å². The maximum absolute atomic E-state index is 13.1. The molecule has 7 nitrogen and oxygen atoms in total. The van der Waals surface area contributed by atoms with Crippen LogP contribution in [0.5, 0.6) is 0 Å². The van der Waals surface area contributed by atoms with Crippen molar-refractivity contribution < 1.29 is 14.1 Å². The van der Waals surface area contributed by atoms with Gasteiger partial charge in [-0.25, -0.2) is 0 Å². The normalized spacial score (nSPS) is 11.1. The van der Waals surface area contributed by atoms with Crippen LogP contribution < -0.4 is 5.32 Å². The van der Waals surface area contributed by atoms with Crippen molar-refractivity contribution in [3.05, 3.63) is 65.2 Å². The number of aromatic amines is 1. The second-order valence-electron chi connectivity index (χ2n) is 7.56. The van der Waals surface area contributed by atoms with Crippen molar-refractivity contribution in [3.63, 3.8) is 0 Å². The van der Waals surface area contributed by atoms with E-state index in [2.05, 4.69) is 34.2 Å². The number of rotatable bonds is 11. The number of nitrogens with zero attached hydrogens (tertiary/aromatic N) is 2. The van der Waals surface area contributed by atoms with Crippen molar-refractivity contribution in [3.8, 4) is 11.3 Å². The number of hydrogen-bond acceptors (Lipinski definition) is 5. The highest BCUT2D eigenvalue weighted by molar-refractivity contribution is 6.13. The van der Waals surface area contributed by atoms with E-state index in [1.807, 2.05) is 30.3 Å². The zero-order valence-corrected chi connectivity index (χ0v) is 18.4. The average molecular weight is 423 g/mol. The summed E-state index contributed by atoms with van der Waals surface area (Å²) in [6, 6.07) is 11.0. The van der Waals surface area contributed by atoms with Crippen LogP contribution in [-0.4, -0.2) is 52.9 Å². The molecule has 2 heterocycles. The van der Waals surface area contributed by atoms with Gasteiger partial charge in [0.05, 0.1) is 5.56 Å². The predicted octanol–water partition coefficient (Wildman–Crippen LogP) is 4.06. The molecule has 1 aromatic carbocycles. The summed E-state index contributed by atoms with van der Waals surface area (Å²) in [5, 5.41) is 7.00. The van der Waals surface area contributed by atoms with Crippen LogP contribution in [0, 0.1) is 6.92 Å². The van der Waals surface area contributed by atoms with Crippen molar-refractivity contribution >= 4 is 11.7 Å². The van der Waals surface area contributed by atoms with E-state index in [-0.39, 0.29) is 11.7 Å². The summed E-state index contributed by atoms with van der Waals surface area (Å²) in [6.45, 7) is 9.42. The summed E-state index contributed by atoms with van der Waals surface area (Å²) < 4.78 is 5.30. The molecular weight excluding hydrogens is 392 g/mol. The number of carbonyl (C=O) groups is 2. The monoisotopic (exact) mass is 422 g/mol. The molecule has 0 spiro atoms. The summed E-state index contributed by atoms with van der Waals surface area (Å²) in [4.78, 5) is 30.9. The van der Waals surface area contributed by atoms with Gasteiger partial charge < -0.3 is 19.7 Å². The first-order chi connectivity index (χ1) is 15.0. The number of nitrogens with one attached hydrogen (secondary N) is 2. The Bertz CT molecular complexity index is 1000. The van der Waals surface area contributed by atoms with E-state index >= 15 is 0 Å². The molecule has 0 saturated heterocycles. The molecule has 1 amide bonds. The van der Waals surface area contributed by atoms with Crippen molar-refractivity contribution in [2.75, 3.05) is 26.2 Å². The number of H-pyrrole nitrogens is 1. The third kappa shape index (κ3) is 5.49. The maximum Gasteiger partial charge on any atom is 0.267 e. The lowest BCUT2D eigenvalue weighted by Gasteiger charge is -2.20. The van der Waals surface area contributed by atoms with Crippen LogP contribution in [0.3, 0.4) is 0 Å². The third-order valence-electron chi connectivity index (χ3n) is 5.12. The number of ketones is 1. The number of aromatic nitrogens is 2. The molecule has 0 aliphatic carbocycles. The first-order valence-corrected chi connectivity index (χ1v) is 10.8. The van der Waals surface area contributed by atoms with E-state index < -0.39 is 0 Å². The smallest absolute Gasteiger partial charge is 0.267 e. The first-order valence-electron chi connectivity index (χ1n) is 10.8. The predicted molar refractivity (Wildman–Crippen MR) is 120 cm³/mol. The first kappa shape index (κ1) is 22.5. The second-order valence-corrected chi connectivity index (χ2v) is 7.56. The fourth-order valence-electron chi connectivity index (χ4n) is 3.62. The lowest BCUT2D eigenvalue weighted by atomic mass is 9.99. The molecule has 0 aliphatic rings. The highest BCUT2D eigenvalue weighted by Gasteiger charge is 2.24. The van der Waals surface area contributed by atoms with Crippen molar-refractivity contribution in [1.82, 2.24) is 20.4 Å². The van der Waals surface area contributed by atoms with Crippen LogP contribution in [-0.2, 0) is 0 Å². The Kier molecular flexibility index (Phi) is 7.78. The molecule has 164 valence electrons. The van der Waals surface area contributed by atoms with Gasteiger partial charge in [0.1, 0.15) is 17.1 Å². The molecule has 0 fully saturated rings. The average Bonchev–Trinajstić information content (AvgIpc) is 3.41. The Labute approximate surface area is 182 Å². The highest BCUT2D eigenvalue weighted by Crippen LogP contribution is 2.27. The van der Waals surface area contributed by atoms with E-state index in [4.69, 9.17) is 4.52 Å². The fraction of sp³-hybridized carbons (Fsp3) is 0.375. The Balaban J connectivity index is 1.68. The molecule has 31 heavy (non-hydrogen) atoms. The minimum absolute atomic E-state index is 0.225. The van der Waals surface area contributed by atoms with Crippen LogP contribution in [0.15, 0.2) is 47.1 Å². The SMILES string of the molecule is CCCN(CCC)CCNC(=O)c1cc(C(=O)c2c(-c3ccccc3)noc2C)c[nH]1. The standard InChI is InChI=1S/C24H30N4O3/c1-4-12-28(13-5-2)14-11-25-24(30)20-15-19(16-26-20)23(29)21-17(3)31-27-22(21)18-9-7-6-8-10-18/h6-10,15-16,26H,4-5,11-14H2,1-3H3,(H,25,30). The van der Waals surface area contributed by atoms with Gasteiger partial charge in [-0.05, 0) is 38.9 Å². The van der Waals surface area contributed by atoms with E-state index in [1.165, 1.54) is 0 Å². The second kappa shape index (κ2) is 10.7. The van der Waals surface area contributed by atoms with Gasteiger partial charge in [0.2, 0.25) is 0 Å². The van der Waals surface area contributed by atoms with Crippen LogP contribution in [0.25, 0.3) is 11.3 Å². The zero-order valence-electron chi connectivity index (χ0n) is 18.4. The third-order valence-corrected chi connectivity index (χ3v) is 5.12. The van der Waals surface area contributed by atoms with E-state index in [0.29, 0.717) is 34.8 Å². The molecule has 0 saturated carbocycles. The molecule has 0 unspecified atom stereocenters. The van der Waals surface area contributed by atoms with Gasteiger partial charge in [0.15, 0.2) is 5.78 Å². The van der Waals surface area contributed by atoms with Crippen LogP contribution in [0.2, 0.25) is 0 Å². The quantitative estimate of drug-likeness (QED) is 0.455. The van der Waals surface area contributed by atoms with Gasteiger partial charge in [0, 0.05) is 30.4 Å². The van der Waals surface area contributed by atoms with Crippen molar-refractivity contribution in [2.24, 2.45) is 0 Å². The molecule has 0 aliphatic heterocycles. The van der Waals surface area contributed by atoms with E-state index in [9.17, 15) is 9.59 Å². The van der Waals surface area contributed by atoms with E-state index in [0.717, 1.165) is 38.0 Å². The van der Waals surface area contributed by atoms with Gasteiger partial charge in [-0.15, -0.1) is 0 Å². The topological polar surface area (TPSA) is 91.2 Å². The molecule has 0 radical (unpaired) electrons. The molecule has 3 rings (SSSR count). The van der Waals surface area contributed by atoms with Crippen LogP contribution in [0.4, 0.5) is 0 Å². The van der Waals surface area contributed by atoms with Gasteiger partial charge in [0.25, 0.3) is 5.91 Å². The molecule has 3 aromatic rings. The van der Waals surface area contributed by atoms with Crippen molar-refractivity contribution in [1.29, 1.82) is 0 Å². The molecule has 0 bridgehead atoms. The highest BCUT2D eigenvalue weighted by atomic mass is 16.5. The minimum atomic E-state index is -0.232. The Morgan fingerprint density at radius 1 is 1.10 bits per heavy atom. The Morgan fingerprint density at radius 2 is 1.81 bits per heavy atom. The van der Waals surface area contributed by atoms with E-state index in [1.54, 1.807) is 19.2 Å². The molecule has 2 N–H and O–H groups in total. The van der Waals surface area contributed by atoms with Crippen LogP contribution >= 0.6 is 0 Å². The molecule has 2 aromatic heterocycles. The largest absolute Gasteiger partial charge is 0.360 e. The van der Waals surface area contributed by atoms with Crippen LogP contribution in [0.1, 0.15) is 58.9 Å². The number of hydrogen-bond donors (Lipinski definition) is 2. The summed E-state index contributed by atoms with van der Waals surface area (Å²) >= 11 is 0. The molecule has 0 atom stereocenters. The Morgan fingerprint density at radius 3 is 2.48 bits per heavy atom. The summed E-state index contributed by atoms with van der Waals surface area (Å²) in [5.41, 5.74) is 2.47. The molecular formula is C24H30N4O3. The van der Waals surface area contributed by atoms with Gasteiger partial charge in [-0.3, -0.25) is 9.59 Å². The number of benzene rings is 1.